The van der Waals surface area contributed by atoms with Crippen molar-refractivity contribution in [3.8, 4) is 16.9 Å². The summed E-state index contributed by atoms with van der Waals surface area (Å²) in [6, 6.07) is 25.7. The molecule has 0 atom stereocenters. The zero-order chi connectivity index (χ0) is 24.5. The van der Waals surface area contributed by atoms with E-state index < -0.39 is 0 Å². The molecule has 0 fully saturated rings. The molecule has 2 aromatic heterocycles. The number of aryl methyl sites for hydroxylation is 3. The fraction of sp³-hybridized carbons (Fsp3) is 0.226. The minimum absolute atomic E-state index is 0. The van der Waals surface area contributed by atoms with Gasteiger partial charge in [0.25, 0.3) is 0 Å². The third-order valence-electron chi connectivity index (χ3n) is 6.66. The summed E-state index contributed by atoms with van der Waals surface area (Å²) in [7, 11) is 2.09. The predicted molar refractivity (Wildman–Crippen MR) is 141 cm³/mol. The van der Waals surface area contributed by atoms with Gasteiger partial charge in [-0.3, -0.25) is 4.98 Å². The van der Waals surface area contributed by atoms with E-state index in [-0.39, 0.29) is 21.1 Å². The Morgan fingerprint density at radius 1 is 0.889 bits per heavy atom. The Hall–Kier alpha value is -3.23. The fourth-order valence-electron chi connectivity index (χ4n) is 4.85. The fourth-order valence-corrected chi connectivity index (χ4v) is 4.85. The van der Waals surface area contributed by atoms with E-state index in [1.165, 1.54) is 28.1 Å². The van der Waals surface area contributed by atoms with Crippen LogP contribution in [-0.2, 0) is 41.0 Å². The first-order valence-corrected chi connectivity index (χ1v) is 12.0. The number of aromatic nitrogens is 4. The molecule has 0 saturated heterocycles. The number of benzene rings is 3. The maximum absolute atomic E-state index is 4.98. The number of imidazole rings is 2. The summed E-state index contributed by atoms with van der Waals surface area (Å²) in [5.74, 6) is 1.04. The normalized spacial score (nSPS) is 10.9. The molecule has 4 nitrogen and oxygen atoms in total. The average molecular weight is 654 g/mol. The first kappa shape index (κ1) is 25.8. The van der Waals surface area contributed by atoms with Crippen LogP contribution in [0, 0.1) is 39.8 Å². The van der Waals surface area contributed by atoms with Crippen molar-refractivity contribution in [1.29, 1.82) is 0 Å². The van der Waals surface area contributed by atoms with Crippen LogP contribution in [0.5, 0.6) is 0 Å². The molecule has 0 saturated carbocycles. The molecule has 5 heteroatoms. The van der Waals surface area contributed by atoms with Gasteiger partial charge in [-0.1, -0.05) is 17.7 Å². The van der Waals surface area contributed by atoms with Crippen LogP contribution in [0.4, 0.5) is 0 Å². The first-order valence-electron chi connectivity index (χ1n) is 12.0. The third-order valence-corrected chi connectivity index (χ3v) is 6.66. The van der Waals surface area contributed by atoms with Crippen molar-refractivity contribution in [3.63, 3.8) is 0 Å². The Kier molecular flexibility index (Phi) is 7.76. The SMILES string of the molecule is Cc1cc(C)c(-n2cnc(-c3[c-]c(Cc4nc(Cc5[c-]cccc5)c(C)n4C)ccc3)c2)c(C)c1.[Pt+2]. The molecular formula is C31H30N4Pt. The summed E-state index contributed by atoms with van der Waals surface area (Å²) in [6.07, 6.45) is 5.51. The van der Waals surface area contributed by atoms with Crippen LogP contribution in [0.2, 0.25) is 0 Å². The van der Waals surface area contributed by atoms with Gasteiger partial charge in [-0.2, -0.15) is 35.9 Å². The van der Waals surface area contributed by atoms with Crippen LogP contribution >= 0.6 is 0 Å². The van der Waals surface area contributed by atoms with E-state index in [4.69, 9.17) is 9.97 Å². The van der Waals surface area contributed by atoms with Gasteiger partial charge < -0.3 is 9.13 Å². The van der Waals surface area contributed by atoms with E-state index in [1.54, 1.807) is 0 Å². The van der Waals surface area contributed by atoms with E-state index in [1.807, 2.05) is 24.5 Å². The average Bonchev–Trinajstić information content (AvgIpc) is 3.41. The molecule has 0 unspecified atom stereocenters. The van der Waals surface area contributed by atoms with Gasteiger partial charge in [0.15, 0.2) is 0 Å². The molecule has 5 rings (SSSR count). The maximum atomic E-state index is 4.98. The standard InChI is InChI=1S/C31H30N4.Pt/c1-21-14-22(2)31(23(3)15-21)35-19-29(32-20-35)27-13-9-12-26(16-27)18-30-33-28(24(4)34(30)5)17-25-10-7-6-8-11-25;/h6-10,12-15,19-20H,17-18H2,1-5H3;/q-2;+2. The molecule has 0 spiro atoms. The van der Waals surface area contributed by atoms with Crippen molar-refractivity contribution in [2.45, 2.75) is 40.5 Å². The topological polar surface area (TPSA) is 35.6 Å². The smallest absolute Gasteiger partial charge is 0.335 e. The van der Waals surface area contributed by atoms with Crippen molar-refractivity contribution >= 4 is 0 Å². The Morgan fingerprint density at radius 3 is 2.36 bits per heavy atom. The quantitative estimate of drug-likeness (QED) is 0.202. The summed E-state index contributed by atoms with van der Waals surface area (Å²) in [5.41, 5.74) is 11.4. The summed E-state index contributed by atoms with van der Waals surface area (Å²) in [4.78, 5) is 9.68. The van der Waals surface area contributed by atoms with Crippen LogP contribution in [0.25, 0.3) is 16.9 Å². The zero-order valence-electron chi connectivity index (χ0n) is 21.4. The number of rotatable bonds is 6. The van der Waals surface area contributed by atoms with E-state index in [0.717, 1.165) is 46.7 Å². The Balaban J connectivity index is 0.00000304. The molecule has 5 aromatic rings. The second kappa shape index (κ2) is 10.8. The van der Waals surface area contributed by atoms with Gasteiger partial charge in [0.1, 0.15) is 5.82 Å². The molecule has 3 aromatic carbocycles. The monoisotopic (exact) mass is 653 g/mol. The van der Waals surface area contributed by atoms with E-state index in [9.17, 15) is 0 Å². The van der Waals surface area contributed by atoms with Crippen LogP contribution in [-0.4, -0.2) is 19.1 Å². The molecule has 0 bridgehead atoms. The van der Waals surface area contributed by atoms with Crippen LogP contribution in [0.15, 0.2) is 67.1 Å². The molecular weight excluding hydrogens is 623 g/mol. The van der Waals surface area contributed by atoms with Crippen LogP contribution in [0.1, 0.15) is 45.0 Å². The van der Waals surface area contributed by atoms with Crippen LogP contribution in [0.3, 0.4) is 0 Å². The molecule has 2 heterocycles. The van der Waals surface area contributed by atoms with Gasteiger partial charge in [0, 0.05) is 24.9 Å². The van der Waals surface area contributed by atoms with Crippen LogP contribution < -0.4 is 0 Å². The number of hydrogen-bond donors (Lipinski definition) is 0. The molecule has 0 amide bonds. The molecule has 0 N–H and O–H groups in total. The minimum Gasteiger partial charge on any atom is -0.335 e. The van der Waals surface area contributed by atoms with Crippen molar-refractivity contribution in [1.82, 2.24) is 19.1 Å². The second-order valence-electron chi connectivity index (χ2n) is 9.36. The molecule has 0 aliphatic heterocycles. The summed E-state index contributed by atoms with van der Waals surface area (Å²) in [5, 5.41) is 0. The maximum Gasteiger partial charge on any atom is 2.00 e. The van der Waals surface area contributed by atoms with Crippen molar-refractivity contribution in [2.75, 3.05) is 0 Å². The number of hydrogen-bond acceptors (Lipinski definition) is 2. The first-order chi connectivity index (χ1) is 16.9. The third kappa shape index (κ3) is 5.29. The second-order valence-corrected chi connectivity index (χ2v) is 9.36. The van der Waals surface area contributed by atoms with E-state index in [0.29, 0.717) is 0 Å². The van der Waals surface area contributed by atoms with Gasteiger partial charge in [0.05, 0.1) is 17.7 Å². The Labute approximate surface area is 228 Å². The summed E-state index contributed by atoms with van der Waals surface area (Å²) in [6.45, 7) is 8.58. The molecule has 184 valence electrons. The van der Waals surface area contributed by atoms with Crippen molar-refractivity contribution in [3.05, 3.63) is 124 Å². The molecule has 0 aliphatic carbocycles. The largest absolute Gasteiger partial charge is 2.00 e. The van der Waals surface area contributed by atoms with Gasteiger partial charge in [-0.15, -0.1) is 35.4 Å². The number of nitrogens with zero attached hydrogens (tertiary/aromatic N) is 4. The van der Waals surface area contributed by atoms with Gasteiger partial charge in [-0.25, -0.2) is 4.98 Å². The molecule has 0 radical (unpaired) electrons. The van der Waals surface area contributed by atoms with Crippen molar-refractivity contribution < 1.29 is 21.1 Å². The minimum atomic E-state index is 0. The summed E-state index contributed by atoms with van der Waals surface area (Å²) < 4.78 is 4.31. The van der Waals surface area contributed by atoms with E-state index in [2.05, 4.69) is 98.6 Å². The van der Waals surface area contributed by atoms with Crippen molar-refractivity contribution in [2.24, 2.45) is 7.05 Å². The molecule has 0 aliphatic rings. The Bertz CT molecular complexity index is 1470. The van der Waals surface area contributed by atoms with Gasteiger partial charge in [0.2, 0.25) is 0 Å². The summed E-state index contributed by atoms with van der Waals surface area (Å²) >= 11 is 0. The van der Waals surface area contributed by atoms with E-state index >= 15 is 0 Å². The Morgan fingerprint density at radius 2 is 1.64 bits per heavy atom. The zero-order valence-corrected chi connectivity index (χ0v) is 23.6. The predicted octanol–water partition coefficient (Wildman–Crippen LogP) is 6.29. The molecule has 36 heavy (non-hydrogen) atoms. The van der Waals surface area contributed by atoms with Gasteiger partial charge >= 0.3 is 21.1 Å². The van der Waals surface area contributed by atoms with Gasteiger partial charge in [-0.05, 0) is 51.4 Å².